The first-order chi connectivity index (χ1) is 7.27. The molecule has 0 radical (unpaired) electrons. The SMILES string of the molecule is CCCNC(=O)N1CCC(OCC)CC1. The molecule has 0 aromatic rings. The zero-order valence-electron chi connectivity index (χ0n) is 9.79. The number of carbonyl (C=O) groups excluding carboxylic acids is 1. The van der Waals surface area contributed by atoms with Gasteiger partial charge in [0.25, 0.3) is 0 Å². The lowest BCUT2D eigenvalue weighted by molar-refractivity contribution is 0.0220. The second-order valence-electron chi connectivity index (χ2n) is 3.87. The van der Waals surface area contributed by atoms with Gasteiger partial charge in [-0.1, -0.05) is 6.92 Å². The minimum Gasteiger partial charge on any atom is -0.378 e. The van der Waals surface area contributed by atoms with Crippen molar-refractivity contribution in [2.24, 2.45) is 0 Å². The Morgan fingerprint density at radius 3 is 2.60 bits per heavy atom. The molecule has 1 rings (SSSR count). The van der Waals surface area contributed by atoms with Crippen LogP contribution < -0.4 is 5.32 Å². The lowest BCUT2D eigenvalue weighted by atomic mass is 10.1. The molecule has 1 heterocycles. The van der Waals surface area contributed by atoms with Crippen molar-refractivity contribution in [3.63, 3.8) is 0 Å². The summed E-state index contributed by atoms with van der Waals surface area (Å²) >= 11 is 0. The van der Waals surface area contributed by atoms with Crippen molar-refractivity contribution < 1.29 is 9.53 Å². The fourth-order valence-electron chi connectivity index (χ4n) is 1.80. The number of likely N-dealkylation sites (tertiary alicyclic amines) is 1. The zero-order chi connectivity index (χ0) is 11.1. The number of carbonyl (C=O) groups is 1. The molecule has 0 atom stereocenters. The number of rotatable bonds is 4. The maximum absolute atomic E-state index is 11.6. The van der Waals surface area contributed by atoms with E-state index in [2.05, 4.69) is 12.2 Å². The van der Waals surface area contributed by atoms with Gasteiger partial charge in [0.15, 0.2) is 0 Å². The number of amides is 2. The van der Waals surface area contributed by atoms with Gasteiger partial charge in [-0.2, -0.15) is 0 Å². The van der Waals surface area contributed by atoms with E-state index in [1.165, 1.54) is 0 Å². The van der Waals surface area contributed by atoms with Gasteiger partial charge in [-0.3, -0.25) is 0 Å². The maximum Gasteiger partial charge on any atom is 0.317 e. The first kappa shape index (κ1) is 12.3. The molecule has 1 N–H and O–H groups in total. The number of hydrogen-bond donors (Lipinski definition) is 1. The topological polar surface area (TPSA) is 41.6 Å². The Kier molecular flexibility index (Phi) is 5.47. The number of piperidine rings is 1. The molecular weight excluding hydrogens is 192 g/mol. The molecule has 0 aliphatic carbocycles. The van der Waals surface area contributed by atoms with Crippen LogP contribution in [0, 0.1) is 0 Å². The van der Waals surface area contributed by atoms with Crippen LogP contribution in [0.2, 0.25) is 0 Å². The molecule has 2 amide bonds. The van der Waals surface area contributed by atoms with Gasteiger partial charge in [-0.25, -0.2) is 4.79 Å². The van der Waals surface area contributed by atoms with Crippen molar-refractivity contribution in [1.29, 1.82) is 0 Å². The Labute approximate surface area is 92.0 Å². The predicted molar refractivity (Wildman–Crippen MR) is 59.9 cm³/mol. The predicted octanol–water partition coefficient (Wildman–Crippen LogP) is 1.61. The number of nitrogens with one attached hydrogen (secondary N) is 1. The van der Waals surface area contributed by atoms with E-state index in [1.807, 2.05) is 11.8 Å². The third-order valence-corrected chi connectivity index (χ3v) is 2.66. The molecule has 1 fully saturated rings. The summed E-state index contributed by atoms with van der Waals surface area (Å²) in [6.45, 7) is 7.25. The van der Waals surface area contributed by atoms with Gasteiger partial charge in [-0.05, 0) is 26.2 Å². The molecule has 0 aromatic carbocycles. The molecular formula is C11H22N2O2. The van der Waals surface area contributed by atoms with Gasteiger partial charge in [0, 0.05) is 26.2 Å². The fourth-order valence-corrected chi connectivity index (χ4v) is 1.80. The average molecular weight is 214 g/mol. The second-order valence-corrected chi connectivity index (χ2v) is 3.87. The van der Waals surface area contributed by atoms with Crippen LogP contribution in [0.4, 0.5) is 4.79 Å². The van der Waals surface area contributed by atoms with Crippen LogP contribution in [0.15, 0.2) is 0 Å². The Hall–Kier alpha value is -0.770. The van der Waals surface area contributed by atoms with Gasteiger partial charge < -0.3 is 15.0 Å². The van der Waals surface area contributed by atoms with Gasteiger partial charge in [0.05, 0.1) is 6.10 Å². The third kappa shape index (κ3) is 4.08. The minimum absolute atomic E-state index is 0.0757. The number of nitrogens with zero attached hydrogens (tertiary/aromatic N) is 1. The molecule has 0 aromatic heterocycles. The van der Waals surface area contributed by atoms with E-state index in [1.54, 1.807) is 0 Å². The highest BCUT2D eigenvalue weighted by atomic mass is 16.5. The molecule has 0 unspecified atom stereocenters. The van der Waals surface area contributed by atoms with E-state index in [9.17, 15) is 4.79 Å². The van der Waals surface area contributed by atoms with Crippen molar-refractivity contribution in [3.8, 4) is 0 Å². The van der Waals surface area contributed by atoms with Crippen LogP contribution in [0.1, 0.15) is 33.1 Å². The Morgan fingerprint density at radius 1 is 1.40 bits per heavy atom. The summed E-state index contributed by atoms with van der Waals surface area (Å²) in [7, 11) is 0. The monoisotopic (exact) mass is 214 g/mol. The highest BCUT2D eigenvalue weighted by Crippen LogP contribution is 2.13. The van der Waals surface area contributed by atoms with Gasteiger partial charge in [0.1, 0.15) is 0 Å². The van der Waals surface area contributed by atoms with Crippen molar-refractivity contribution >= 4 is 6.03 Å². The standard InChI is InChI=1S/C11H22N2O2/c1-3-7-12-11(14)13-8-5-10(6-9-13)15-4-2/h10H,3-9H2,1-2H3,(H,12,14). The average Bonchev–Trinajstić information content (AvgIpc) is 2.27. The molecule has 1 saturated heterocycles. The normalized spacial score (nSPS) is 17.9. The van der Waals surface area contributed by atoms with E-state index in [0.29, 0.717) is 6.10 Å². The summed E-state index contributed by atoms with van der Waals surface area (Å²) in [5.74, 6) is 0. The first-order valence-corrected chi connectivity index (χ1v) is 5.92. The quantitative estimate of drug-likeness (QED) is 0.772. The smallest absolute Gasteiger partial charge is 0.317 e. The molecule has 1 aliphatic rings. The Bertz CT molecular complexity index is 189. The molecule has 4 heteroatoms. The van der Waals surface area contributed by atoms with E-state index in [4.69, 9.17) is 4.74 Å². The Balaban J connectivity index is 2.21. The van der Waals surface area contributed by atoms with Crippen LogP contribution >= 0.6 is 0 Å². The van der Waals surface area contributed by atoms with Crippen molar-refractivity contribution in [1.82, 2.24) is 10.2 Å². The summed E-state index contributed by atoms with van der Waals surface area (Å²) < 4.78 is 5.53. The van der Waals surface area contributed by atoms with E-state index in [0.717, 1.165) is 45.5 Å². The van der Waals surface area contributed by atoms with Crippen molar-refractivity contribution in [2.75, 3.05) is 26.2 Å². The van der Waals surface area contributed by atoms with Gasteiger partial charge in [-0.15, -0.1) is 0 Å². The Morgan fingerprint density at radius 2 is 2.07 bits per heavy atom. The maximum atomic E-state index is 11.6. The minimum atomic E-state index is 0.0757. The van der Waals surface area contributed by atoms with Crippen molar-refractivity contribution in [3.05, 3.63) is 0 Å². The highest BCUT2D eigenvalue weighted by Gasteiger charge is 2.22. The number of hydrogen-bond acceptors (Lipinski definition) is 2. The lowest BCUT2D eigenvalue weighted by Gasteiger charge is -2.31. The molecule has 88 valence electrons. The molecule has 0 spiro atoms. The first-order valence-electron chi connectivity index (χ1n) is 5.92. The van der Waals surface area contributed by atoms with Crippen LogP contribution in [0.3, 0.4) is 0 Å². The van der Waals surface area contributed by atoms with Crippen LogP contribution in [-0.2, 0) is 4.74 Å². The third-order valence-electron chi connectivity index (χ3n) is 2.66. The van der Waals surface area contributed by atoms with Crippen LogP contribution in [0.5, 0.6) is 0 Å². The summed E-state index contributed by atoms with van der Waals surface area (Å²) in [6.07, 6.45) is 3.27. The van der Waals surface area contributed by atoms with Gasteiger partial charge >= 0.3 is 6.03 Å². The summed E-state index contributed by atoms with van der Waals surface area (Å²) in [6, 6.07) is 0.0757. The summed E-state index contributed by atoms with van der Waals surface area (Å²) in [5, 5.41) is 2.90. The molecule has 4 nitrogen and oxygen atoms in total. The lowest BCUT2D eigenvalue weighted by Crippen LogP contribution is -2.46. The van der Waals surface area contributed by atoms with Crippen molar-refractivity contribution in [2.45, 2.75) is 39.2 Å². The summed E-state index contributed by atoms with van der Waals surface area (Å²) in [4.78, 5) is 13.5. The van der Waals surface area contributed by atoms with E-state index >= 15 is 0 Å². The molecule has 0 bridgehead atoms. The van der Waals surface area contributed by atoms with Crippen LogP contribution in [0.25, 0.3) is 0 Å². The molecule has 0 saturated carbocycles. The highest BCUT2D eigenvalue weighted by molar-refractivity contribution is 5.74. The number of ether oxygens (including phenoxy) is 1. The van der Waals surface area contributed by atoms with E-state index < -0.39 is 0 Å². The molecule has 1 aliphatic heterocycles. The zero-order valence-corrected chi connectivity index (χ0v) is 9.79. The number of urea groups is 1. The fraction of sp³-hybridized carbons (Fsp3) is 0.909. The van der Waals surface area contributed by atoms with E-state index in [-0.39, 0.29) is 6.03 Å². The van der Waals surface area contributed by atoms with Crippen LogP contribution in [-0.4, -0.2) is 43.3 Å². The summed E-state index contributed by atoms with van der Waals surface area (Å²) in [5.41, 5.74) is 0. The second kappa shape index (κ2) is 6.67. The largest absolute Gasteiger partial charge is 0.378 e. The molecule has 15 heavy (non-hydrogen) atoms. The van der Waals surface area contributed by atoms with Gasteiger partial charge in [0.2, 0.25) is 0 Å².